The van der Waals surface area contributed by atoms with E-state index in [1.165, 1.54) is 0 Å². The highest BCUT2D eigenvalue weighted by atomic mass is 16.1. The Labute approximate surface area is 94.1 Å². The zero-order valence-electron chi connectivity index (χ0n) is 9.53. The fraction of sp³-hybridized carbons (Fsp3) is 0.333. The van der Waals surface area contributed by atoms with Crippen LogP contribution < -0.4 is 5.73 Å². The second kappa shape index (κ2) is 4.06. The maximum Gasteiger partial charge on any atom is 0.178 e. The largest absolute Gasteiger partial charge is 0.324 e. The van der Waals surface area contributed by atoms with Crippen molar-refractivity contribution in [2.24, 2.45) is 5.73 Å². The van der Waals surface area contributed by atoms with Crippen molar-refractivity contribution in [3.8, 4) is 0 Å². The lowest BCUT2D eigenvalue weighted by molar-refractivity contribution is 0.100. The van der Waals surface area contributed by atoms with E-state index in [1.54, 1.807) is 6.07 Å². The molecule has 0 radical (unpaired) electrons. The zero-order chi connectivity index (χ0) is 11.7. The molecule has 0 unspecified atom stereocenters. The van der Waals surface area contributed by atoms with E-state index in [4.69, 9.17) is 5.73 Å². The molecule has 0 saturated carbocycles. The standard InChI is InChI=1S/C12H15N3O/c1-3-11-14-8(2)12-9(10(16)7-13)5-4-6-15(11)12/h4-6H,3,7,13H2,1-2H3. The second-order valence-corrected chi connectivity index (χ2v) is 3.73. The number of nitrogens with two attached hydrogens (primary N) is 1. The van der Waals surface area contributed by atoms with E-state index in [0.717, 1.165) is 23.5 Å². The molecule has 0 saturated heterocycles. The maximum atomic E-state index is 11.7. The number of ketones is 1. The molecule has 2 rings (SSSR count). The number of nitrogens with zero attached hydrogens (tertiary/aromatic N) is 2. The predicted molar refractivity (Wildman–Crippen MR) is 62.7 cm³/mol. The van der Waals surface area contributed by atoms with Crippen molar-refractivity contribution in [3.05, 3.63) is 35.4 Å². The number of hydrogen-bond donors (Lipinski definition) is 1. The molecular formula is C12H15N3O. The molecule has 2 heterocycles. The van der Waals surface area contributed by atoms with Crippen LogP contribution in [0.3, 0.4) is 0 Å². The molecule has 2 aromatic heterocycles. The monoisotopic (exact) mass is 217 g/mol. The van der Waals surface area contributed by atoms with E-state index < -0.39 is 0 Å². The molecule has 4 nitrogen and oxygen atoms in total. The summed E-state index contributed by atoms with van der Waals surface area (Å²) in [4.78, 5) is 16.2. The van der Waals surface area contributed by atoms with Crippen LogP contribution in [0.4, 0.5) is 0 Å². The molecule has 16 heavy (non-hydrogen) atoms. The predicted octanol–water partition coefficient (Wildman–Crippen LogP) is 1.35. The molecule has 0 spiro atoms. The summed E-state index contributed by atoms with van der Waals surface area (Å²) in [6.45, 7) is 4.00. The highest BCUT2D eigenvalue weighted by Gasteiger charge is 2.14. The summed E-state index contributed by atoms with van der Waals surface area (Å²) < 4.78 is 1.97. The quantitative estimate of drug-likeness (QED) is 0.789. The summed E-state index contributed by atoms with van der Waals surface area (Å²) in [6, 6.07) is 3.66. The molecule has 0 aliphatic carbocycles. The van der Waals surface area contributed by atoms with Gasteiger partial charge in [-0.2, -0.15) is 0 Å². The molecule has 0 aliphatic rings. The van der Waals surface area contributed by atoms with Gasteiger partial charge in [-0.3, -0.25) is 4.79 Å². The average molecular weight is 217 g/mol. The Kier molecular flexibility index (Phi) is 2.75. The molecular weight excluding hydrogens is 202 g/mol. The summed E-state index contributed by atoms with van der Waals surface area (Å²) in [6.07, 6.45) is 2.77. The Bertz CT molecular complexity index is 542. The molecule has 84 valence electrons. The Balaban J connectivity index is 2.77. The summed E-state index contributed by atoms with van der Waals surface area (Å²) in [5.41, 5.74) is 7.83. The molecule has 4 heteroatoms. The summed E-state index contributed by atoms with van der Waals surface area (Å²) in [5, 5.41) is 0. The van der Waals surface area contributed by atoms with Gasteiger partial charge in [0.15, 0.2) is 5.78 Å². The number of pyridine rings is 1. The third-order valence-corrected chi connectivity index (χ3v) is 2.71. The van der Waals surface area contributed by atoms with Crippen LogP contribution in [0.5, 0.6) is 0 Å². The molecule has 0 fully saturated rings. The molecule has 0 amide bonds. The van der Waals surface area contributed by atoms with Crippen molar-refractivity contribution in [2.45, 2.75) is 20.3 Å². The Morgan fingerprint density at radius 1 is 1.56 bits per heavy atom. The van der Waals surface area contributed by atoms with Crippen LogP contribution in [0, 0.1) is 6.92 Å². The van der Waals surface area contributed by atoms with Crippen molar-refractivity contribution >= 4 is 11.3 Å². The van der Waals surface area contributed by atoms with Crippen LogP contribution in [0.25, 0.3) is 5.52 Å². The summed E-state index contributed by atoms with van der Waals surface area (Å²) in [7, 11) is 0. The lowest BCUT2D eigenvalue weighted by Gasteiger charge is -2.03. The second-order valence-electron chi connectivity index (χ2n) is 3.73. The molecule has 0 aromatic carbocycles. The number of aryl methyl sites for hydroxylation is 2. The molecule has 0 aliphatic heterocycles. The average Bonchev–Trinajstić information content (AvgIpc) is 2.65. The first-order valence-electron chi connectivity index (χ1n) is 5.38. The van der Waals surface area contributed by atoms with Crippen LogP contribution in [0.2, 0.25) is 0 Å². The van der Waals surface area contributed by atoms with Crippen molar-refractivity contribution in [1.29, 1.82) is 0 Å². The van der Waals surface area contributed by atoms with Crippen molar-refractivity contribution in [2.75, 3.05) is 6.54 Å². The smallest absolute Gasteiger partial charge is 0.178 e. The van der Waals surface area contributed by atoms with Gasteiger partial charge in [0.2, 0.25) is 0 Å². The zero-order valence-corrected chi connectivity index (χ0v) is 9.53. The SMILES string of the molecule is CCc1nc(C)c2c(C(=O)CN)cccn12. The third-order valence-electron chi connectivity index (χ3n) is 2.71. The van der Waals surface area contributed by atoms with Gasteiger partial charge in [-0.05, 0) is 19.1 Å². The van der Waals surface area contributed by atoms with E-state index >= 15 is 0 Å². The number of Topliss-reactive ketones (excluding diaryl/α,β-unsaturated/α-hetero) is 1. The third kappa shape index (κ3) is 1.51. The van der Waals surface area contributed by atoms with Crippen LogP contribution >= 0.6 is 0 Å². The fourth-order valence-corrected chi connectivity index (χ4v) is 1.98. The van der Waals surface area contributed by atoms with Gasteiger partial charge in [0.05, 0.1) is 17.8 Å². The van der Waals surface area contributed by atoms with Gasteiger partial charge in [-0.1, -0.05) is 6.92 Å². The first kappa shape index (κ1) is 10.8. The summed E-state index contributed by atoms with van der Waals surface area (Å²) >= 11 is 0. The van der Waals surface area contributed by atoms with E-state index in [0.29, 0.717) is 5.56 Å². The Hall–Kier alpha value is -1.68. The van der Waals surface area contributed by atoms with Gasteiger partial charge < -0.3 is 10.1 Å². The lowest BCUT2D eigenvalue weighted by Crippen LogP contribution is -2.14. The van der Waals surface area contributed by atoms with E-state index in [-0.39, 0.29) is 12.3 Å². The highest BCUT2D eigenvalue weighted by molar-refractivity contribution is 6.03. The van der Waals surface area contributed by atoms with Gasteiger partial charge in [0, 0.05) is 18.2 Å². The number of aromatic nitrogens is 2. The minimum absolute atomic E-state index is 0.0335. The molecule has 2 aromatic rings. The molecule has 0 atom stereocenters. The number of carbonyl (C=O) groups is 1. The Morgan fingerprint density at radius 3 is 2.94 bits per heavy atom. The van der Waals surface area contributed by atoms with Crippen LogP contribution in [0.1, 0.15) is 28.8 Å². The first-order chi connectivity index (χ1) is 7.69. The highest BCUT2D eigenvalue weighted by Crippen LogP contribution is 2.18. The molecule has 0 bridgehead atoms. The minimum atomic E-state index is -0.0451. The topological polar surface area (TPSA) is 60.4 Å². The minimum Gasteiger partial charge on any atom is -0.324 e. The first-order valence-corrected chi connectivity index (χ1v) is 5.38. The fourth-order valence-electron chi connectivity index (χ4n) is 1.98. The number of fused-ring (bicyclic) bond motifs is 1. The Morgan fingerprint density at radius 2 is 2.31 bits per heavy atom. The van der Waals surface area contributed by atoms with E-state index in [9.17, 15) is 4.79 Å². The van der Waals surface area contributed by atoms with Gasteiger partial charge in [0.25, 0.3) is 0 Å². The molecule has 2 N–H and O–H groups in total. The maximum absolute atomic E-state index is 11.7. The van der Waals surface area contributed by atoms with Gasteiger partial charge in [-0.25, -0.2) is 4.98 Å². The number of carbonyl (C=O) groups excluding carboxylic acids is 1. The van der Waals surface area contributed by atoms with Crippen molar-refractivity contribution < 1.29 is 4.79 Å². The van der Waals surface area contributed by atoms with Gasteiger partial charge in [0.1, 0.15) is 5.82 Å². The van der Waals surface area contributed by atoms with Crippen LogP contribution in [-0.4, -0.2) is 21.7 Å². The van der Waals surface area contributed by atoms with E-state index in [1.807, 2.05) is 30.5 Å². The normalized spacial score (nSPS) is 10.9. The number of hydrogen-bond acceptors (Lipinski definition) is 3. The van der Waals surface area contributed by atoms with Crippen molar-refractivity contribution in [3.63, 3.8) is 0 Å². The van der Waals surface area contributed by atoms with Crippen LogP contribution in [-0.2, 0) is 6.42 Å². The van der Waals surface area contributed by atoms with Crippen molar-refractivity contribution in [1.82, 2.24) is 9.38 Å². The van der Waals surface area contributed by atoms with Crippen LogP contribution in [0.15, 0.2) is 18.3 Å². The van der Waals surface area contributed by atoms with E-state index in [2.05, 4.69) is 4.98 Å². The summed E-state index contributed by atoms with van der Waals surface area (Å²) in [5.74, 6) is 0.926. The number of rotatable bonds is 3. The number of imidazole rings is 1. The van der Waals surface area contributed by atoms with Gasteiger partial charge in [-0.15, -0.1) is 0 Å². The lowest BCUT2D eigenvalue weighted by atomic mass is 10.1. The van der Waals surface area contributed by atoms with Gasteiger partial charge >= 0.3 is 0 Å².